The average Bonchev–Trinajstić information content (AvgIpc) is 2.55. The minimum Gasteiger partial charge on any atom is -0.388 e. The van der Waals surface area contributed by atoms with E-state index in [2.05, 4.69) is 0 Å². The van der Waals surface area contributed by atoms with E-state index in [1.807, 2.05) is 16.7 Å². The van der Waals surface area contributed by atoms with Crippen LogP contribution in [0.1, 0.15) is 45.4 Å². The molecule has 1 N–H and O–H groups in total. The van der Waals surface area contributed by atoms with Crippen molar-refractivity contribution in [2.45, 2.75) is 51.0 Å². The zero-order chi connectivity index (χ0) is 12.3. The maximum absolute atomic E-state index is 12.3. The van der Waals surface area contributed by atoms with Gasteiger partial charge in [-0.25, -0.2) is 4.79 Å². The first-order valence-corrected chi connectivity index (χ1v) is 6.85. The zero-order valence-electron chi connectivity index (χ0n) is 10.8. The molecule has 4 heteroatoms. The van der Waals surface area contributed by atoms with Gasteiger partial charge in [-0.2, -0.15) is 0 Å². The van der Waals surface area contributed by atoms with E-state index in [9.17, 15) is 9.90 Å². The summed E-state index contributed by atoms with van der Waals surface area (Å²) in [5, 5.41) is 10.0. The number of hydrogen-bond acceptors (Lipinski definition) is 2. The molecule has 0 radical (unpaired) electrons. The Bertz CT molecular complexity index is 271. The van der Waals surface area contributed by atoms with E-state index in [1.165, 1.54) is 12.8 Å². The van der Waals surface area contributed by atoms with E-state index in [1.54, 1.807) is 0 Å². The van der Waals surface area contributed by atoms with E-state index in [4.69, 9.17) is 0 Å². The van der Waals surface area contributed by atoms with Crippen molar-refractivity contribution < 1.29 is 9.90 Å². The van der Waals surface area contributed by atoms with Crippen molar-refractivity contribution in [2.75, 3.05) is 26.2 Å². The monoisotopic (exact) mass is 240 g/mol. The maximum atomic E-state index is 12.3. The number of amides is 2. The van der Waals surface area contributed by atoms with Gasteiger partial charge in [0, 0.05) is 19.6 Å². The molecule has 17 heavy (non-hydrogen) atoms. The molecule has 2 aliphatic rings. The lowest BCUT2D eigenvalue weighted by atomic mass is 9.95. The van der Waals surface area contributed by atoms with E-state index < -0.39 is 5.60 Å². The minimum absolute atomic E-state index is 0.131. The summed E-state index contributed by atoms with van der Waals surface area (Å²) in [6.07, 6.45) is 6.43. The van der Waals surface area contributed by atoms with Gasteiger partial charge in [-0.05, 0) is 32.6 Å². The molecule has 4 nitrogen and oxygen atoms in total. The Morgan fingerprint density at radius 3 is 2.18 bits per heavy atom. The van der Waals surface area contributed by atoms with Crippen LogP contribution < -0.4 is 0 Å². The van der Waals surface area contributed by atoms with Crippen LogP contribution in [0.4, 0.5) is 4.79 Å². The van der Waals surface area contributed by atoms with Gasteiger partial charge in [-0.1, -0.05) is 12.8 Å². The second-order valence-corrected chi connectivity index (χ2v) is 5.71. The molecule has 2 heterocycles. The SMILES string of the molecule is CC1(O)CCCN(C(=O)N2CCCCCC2)C1. The van der Waals surface area contributed by atoms with E-state index in [-0.39, 0.29) is 6.03 Å². The van der Waals surface area contributed by atoms with Crippen LogP contribution >= 0.6 is 0 Å². The number of urea groups is 1. The lowest BCUT2D eigenvalue weighted by Crippen LogP contribution is -2.53. The molecule has 1 unspecified atom stereocenters. The Morgan fingerprint density at radius 2 is 1.59 bits per heavy atom. The van der Waals surface area contributed by atoms with Gasteiger partial charge in [0.2, 0.25) is 0 Å². The molecule has 2 saturated heterocycles. The summed E-state index contributed by atoms with van der Waals surface area (Å²) in [4.78, 5) is 16.1. The summed E-state index contributed by atoms with van der Waals surface area (Å²) in [6, 6.07) is 0.131. The lowest BCUT2D eigenvalue weighted by Gasteiger charge is -2.39. The van der Waals surface area contributed by atoms with Gasteiger partial charge >= 0.3 is 6.03 Å². The second-order valence-electron chi connectivity index (χ2n) is 5.71. The van der Waals surface area contributed by atoms with Crippen LogP contribution in [0.3, 0.4) is 0 Å². The van der Waals surface area contributed by atoms with Crippen molar-refractivity contribution >= 4 is 6.03 Å². The van der Waals surface area contributed by atoms with Crippen LogP contribution in [0.15, 0.2) is 0 Å². The van der Waals surface area contributed by atoms with E-state index in [0.717, 1.165) is 45.3 Å². The van der Waals surface area contributed by atoms with Gasteiger partial charge in [0.1, 0.15) is 0 Å². The molecular weight excluding hydrogens is 216 g/mol. The molecule has 0 aromatic heterocycles. The van der Waals surface area contributed by atoms with Gasteiger partial charge in [-0.3, -0.25) is 0 Å². The normalized spacial score (nSPS) is 31.2. The molecule has 98 valence electrons. The highest BCUT2D eigenvalue weighted by Crippen LogP contribution is 2.22. The van der Waals surface area contributed by atoms with Crippen molar-refractivity contribution in [2.24, 2.45) is 0 Å². The standard InChI is InChI=1S/C13H24N2O2/c1-13(17)7-6-10-15(11-13)12(16)14-8-4-2-3-5-9-14/h17H,2-11H2,1H3. The third-order valence-electron chi connectivity index (χ3n) is 3.82. The third kappa shape index (κ3) is 3.35. The van der Waals surface area contributed by atoms with Crippen LogP contribution in [0, 0.1) is 0 Å². The number of likely N-dealkylation sites (tertiary alicyclic amines) is 2. The number of carbonyl (C=O) groups is 1. The van der Waals surface area contributed by atoms with E-state index in [0.29, 0.717) is 6.54 Å². The van der Waals surface area contributed by atoms with Gasteiger partial charge in [0.15, 0.2) is 0 Å². The molecule has 2 fully saturated rings. The average molecular weight is 240 g/mol. The first-order chi connectivity index (χ1) is 8.08. The van der Waals surface area contributed by atoms with Crippen molar-refractivity contribution in [3.63, 3.8) is 0 Å². The maximum Gasteiger partial charge on any atom is 0.320 e. The number of carbonyl (C=O) groups excluding carboxylic acids is 1. The predicted molar refractivity (Wildman–Crippen MR) is 66.9 cm³/mol. The number of β-amino-alcohol motifs (C(OH)–C–C–N with tert-alkyl or cyclic N) is 1. The van der Waals surface area contributed by atoms with Gasteiger partial charge < -0.3 is 14.9 Å². The smallest absolute Gasteiger partial charge is 0.320 e. The van der Waals surface area contributed by atoms with Crippen LogP contribution in [0.5, 0.6) is 0 Å². The Morgan fingerprint density at radius 1 is 1.00 bits per heavy atom. The summed E-state index contributed by atoms with van der Waals surface area (Å²) >= 11 is 0. The van der Waals surface area contributed by atoms with Crippen molar-refractivity contribution in [1.82, 2.24) is 9.80 Å². The topological polar surface area (TPSA) is 43.8 Å². The van der Waals surface area contributed by atoms with Crippen molar-refractivity contribution in [1.29, 1.82) is 0 Å². The van der Waals surface area contributed by atoms with E-state index >= 15 is 0 Å². The molecule has 2 aliphatic heterocycles. The fourth-order valence-electron chi connectivity index (χ4n) is 2.85. The molecular formula is C13H24N2O2. The third-order valence-corrected chi connectivity index (χ3v) is 3.82. The predicted octanol–water partition coefficient (Wildman–Crippen LogP) is 1.83. The van der Waals surface area contributed by atoms with Gasteiger partial charge in [0.25, 0.3) is 0 Å². The highest BCUT2D eigenvalue weighted by Gasteiger charge is 2.32. The molecule has 2 rings (SSSR count). The molecule has 2 amide bonds. The van der Waals surface area contributed by atoms with Crippen LogP contribution in [0.25, 0.3) is 0 Å². The highest BCUT2D eigenvalue weighted by atomic mass is 16.3. The number of nitrogens with zero attached hydrogens (tertiary/aromatic N) is 2. The summed E-state index contributed by atoms with van der Waals surface area (Å²) in [5.74, 6) is 0. The summed E-state index contributed by atoms with van der Waals surface area (Å²) in [5.41, 5.74) is -0.695. The van der Waals surface area contributed by atoms with Crippen molar-refractivity contribution in [3.05, 3.63) is 0 Å². The fraction of sp³-hybridized carbons (Fsp3) is 0.923. The summed E-state index contributed by atoms with van der Waals surface area (Å²) in [7, 11) is 0. The molecule has 0 bridgehead atoms. The number of rotatable bonds is 0. The number of aliphatic hydroxyl groups is 1. The first kappa shape index (κ1) is 12.7. The minimum atomic E-state index is -0.695. The molecule has 0 saturated carbocycles. The largest absolute Gasteiger partial charge is 0.388 e. The first-order valence-electron chi connectivity index (χ1n) is 6.85. The Balaban J connectivity index is 1.93. The zero-order valence-corrected chi connectivity index (χ0v) is 10.8. The molecule has 1 atom stereocenters. The molecule has 0 aliphatic carbocycles. The summed E-state index contributed by atoms with van der Waals surface area (Å²) < 4.78 is 0. The molecule has 0 aromatic rings. The van der Waals surface area contributed by atoms with Gasteiger partial charge in [-0.15, -0.1) is 0 Å². The highest BCUT2D eigenvalue weighted by molar-refractivity contribution is 5.74. The Kier molecular flexibility index (Phi) is 3.92. The Hall–Kier alpha value is -0.770. The fourth-order valence-corrected chi connectivity index (χ4v) is 2.85. The molecule has 0 aromatic carbocycles. The van der Waals surface area contributed by atoms with Crippen LogP contribution in [0.2, 0.25) is 0 Å². The number of hydrogen-bond donors (Lipinski definition) is 1. The number of piperidine rings is 1. The second kappa shape index (κ2) is 5.25. The Labute approximate surface area is 104 Å². The van der Waals surface area contributed by atoms with Crippen LogP contribution in [-0.2, 0) is 0 Å². The van der Waals surface area contributed by atoms with Gasteiger partial charge in [0.05, 0.1) is 12.1 Å². The lowest BCUT2D eigenvalue weighted by molar-refractivity contribution is -0.00745. The quantitative estimate of drug-likeness (QED) is 0.702. The molecule has 0 spiro atoms. The van der Waals surface area contributed by atoms with Crippen LogP contribution in [-0.4, -0.2) is 52.7 Å². The summed E-state index contributed by atoms with van der Waals surface area (Å²) in [6.45, 7) is 4.89. The van der Waals surface area contributed by atoms with Crippen molar-refractivity contribution in [3.8, 4) is 0 Å².